The number of alkyl halides is 1. The van der Waals surface area contributed by atoms with Gasteiger partial charge in [0.05, 0.1) is 23.3 Å². The van der Waals surface area contributed by atoms with Crippen molar-refractivity contribution in [2.24, 2.45) is 0 Å². The van der Waals surface area contributed by atoms with Gasteiger partial charge < -0.3 is 4.74 Å². The van der Waals surface area contributed by atoms with Gasteiger partial charge in [0.15, 0.2) is 0 Å². The Labute approximate surface area is 216 Å². The molecule has 1 amide bonds. The minimum absolute atomic E-state index is 0.150. The van der Waals surface area contributed by atoms with E-state index in [0.29, 0.717) is 32.8 Å². The summed E-state index contributed by atoms with van der Waals surface area (Å²) < 4.78 is 47.9. The van der Waals surface area contributed by atoms with E-state index in [9.17, 15) is 17.6 Å². The van der Waals surface area contributed by atoms with Crippen LogP contribution in [0.25, 0.3) is 5.57 Å². The molecule has 7 nitrogen and oxygen atoms in total. The maximum absolute atomic E-state index is 14.9. The second kappa shape index (κ2) is 10.6. The number of nitrogens with zero attached hydrogens (tertiary/aromatic N) is 2. The molecule has 0 saturated carbocycles. The van der Waals surface area contributed by atoms with E-state index in [1.807, 2.05) is 4.72 Å². The zero-order valence-electron chi connectivity index (χ0n) is 18.0. The van der Waals surface area contributed by atoms with Gasteiger partial charge in [-0.2, -0.15) is 5.10 Å². The van der Waals surface area contributed by atoms with E-state index in [4.69, 9.17) is 39.5 Å². The molecule has 35 heavy (non-hydrogen) atoms. The van der Waals surface area contributed by atoms with Crippen molar-refractivity contribution in [1.82, 2.24) is 14.5 Å². The molecule has 1 heterocycles. The third kappa shape index (κ3) is 5.98. The first-order chi connectivity index (χ1) is 16.6. The molecule has 1 unspecified atom stereocenters. The second-order valence-electron chi connectivity index (χ2n) is 7.74. The third-order valence-electron chi connectivity index (χ3n) is 5.39. The normalized spacial score (nSPS) is 16.7. The summed E-state index contributed by atoms with van der Waals surface area (Å²) in [6.45, 7) is -0.0554. The molecule has 184 valence electrons. The van der Waals surface area contributed by atoms with Crippen molar-refractivity contribution in [1.29, 1.82) is 0 Å². The number of hydrogen-bond acceptors (Lipinski definition) is 5. The number of ether oxygens (including phenoxy) is 1. The Morgan fingerprint density at radius 3 is 2.60 bits per heavy atom. The lowest BCUT2D eigenvalue weighted by Crippen LogP contribution is -2.31. The van der Waals surface area contributed by atoms with E-state index in [1.165, 1.54) is 30.3 Å². The van der Waals surface area contributed by atoms with E-state index in [-0.39, 0.29) is 24.5 Å². The van der Waals surface area contributed by atoms with Crippen molar-refractivity contribution in [3.63, 3.8) is 0 Å². The van der Waals surface area contributed by atoms with Crippen LogP contribution in [-0.2, 0) is 27.7 Å². The highest BCUT2D eigenvalue weighted by atomic mass is 35.5. The van der Waals surface area contributed by atoms with Gasteiger partial charge in [0.2, 0.25) is 0 Å². The number of carbonyl (C=O) groups excluding carboxylic acids is 1. The van der Waals surface area contributed by atoms with E-state index < -0.39 is 22.3 Å². The molecule has 1 aromatic heterocycles. The molecular weight excluding hydrogens is 540 g/mol. The summed E-state index contributed by atoms with van der Waals surface area (Å²) in [5.41, 5.74) is 2.49. The number of nitrogens with one attached hydrogen (secondary N) is 1. The first-order valence-electron chi connectivity index (χ1n) is 10.4. The second-order valence-corrected chi connectivity index (χ2v) is 10.7. The van der Waals surface area contributed by atoms with Crippen molar-refractivity contribution < 1.29 is 22.3 Å². The molecular formula is C23H19Cl3FN3O4S. The molecule has 0 fully saturated rings. The van der Waals surface area contributed by atoms with Gasteiger partial charge in [-0.15, -0.1) is 0 Å². The van der Waals surface area contributed by atoms with Gasteiger partial charge >= 0.3 is 6.09 Å². The number of sulfonamides is 1. The monoisotopic (exact) mass is 557 g/mol. The van der Waals surface area contributed by atoms with Crippen LogP contribution in [0.4, 0.5) is 9.18 Å². The highest BCUT2D eigenvalue weighted by Gasteiger charge is 2.28. The summed E-state index contributed by atoms with van der Waals surface area (Å²) in [6, 6.07) is 10.4. The van der Waals surface area contributed by atoms with Crippen LogP contribution in [0.15, 0.2) is 59.6 Å². The van der Waals surface area contributed by atoms with Gasteiger partial charge in [0.25, 0.3) is 10.0 Å². The number of aromatic nitrogens is 2. The van der Waals surface area contributed by atoms with Gasteiger partial charge in [0, 0.05) is 20.6 Å². The number of benzene rings is 2. The summed E-state index contributed by atoms with van der Waals surface area (Å²) in [4.78, 5) is 11.9. The van der Waals surface area contributed by atoms with Crippen LogP contribution in [0.3, 0.4) is 0 Å². The van der Waals surface area contributed by atoms with Crippen LogP contribution in [0.2, 0.25) is 15.1 Å². The molecule has 0 radical (unpaired) electrons. The number of carbonyl (C=O) groups is 1. The number of allylic oxidation sites excluding steroid dienone is 1. The largest absolute Gasteiger partial charge is 0.445 e. The maximum Gasteiger partial charge on any atom is 0.421 e. The standard InChI is InChI=1S/C23H19Cl3FN3O4S/c24-16-4-6-18(7-5-16)35(32,33)29-23(31)34-10-9-19-21(27)8-2-14-12-28-30(22(14)19)13-15-1-3-17(25)11-20(15)26/h1,3-7,9,11-12,21H,2,8,10,13H2,(H,29,31)/b19-9-. The Morgan fingerprint density at radius 1 is 1.17 bits per heavy atom. The summed E-state index contributed by atoms with van der Waals surface area (Å²) in [7, 11) is -4.14. The molecule has 12 heteroatoms. The van der Waals surface area contributed by atoms with Crippen molar-refractivity contribution in [2.45, 2.75) is 30.5 Å². The Balaban J connectivity index is 1.48. The fourth-order valence-electron chi connectivity index (χ4n) is 3.70. The van der Waals surface area contributed by atoms with Crippen molar-refractivity contribution >= 4 is 56.5 Å². The molecule has 0 spiro atoms. The third-order valence-corrected chi connectivity index (χ3v) is 7.55. The minimum atomic E-state index is -4.14. The molecule has 0 bridgehead atoms. The molecule has 3 aromatic rings. The Hall–Kier alpha value is -2.59. The number of amides is 1. The quantitative estimate of drug-likeness (QED) is 0.421. The van der Waals surface area contributed by atoms with E-state index in [1.54, 1.807) is 29.1 Å². The van der Waals surface area contributed by atoms with Crippen LogP contribution in [0.5, 0.6) is 0 Å². The van der Waals surface area contributed by atoms with Crippen molar-refractivity contribution in [3.05, 3.63) is 86.6 Å². The smallest absolute Gasteiger partial charge is 0.421 e. The molecule has 4 rings (SSSR count). The number of aryl methyl sites for hydroxylation is 1. The van der Waals surface area contributed by atoms with Crippen LogP contribution < -0.4 is 4.72 Å². The van der Waals surface area contributed by atoms with E-state index in [2.05, 4.69) is 5.10 Å². The zero-order valence-corrected chi connectivity index (χ0v) is 21.1. The van der Waals surface area contributed by atoms with Crippen LogP contribution in [0.1, 0.15) is 23.2 Å². The van der Waals surface area contributed by atoms with Crippen molar-refractivity contribution in [3.8, 4) is 0 Å². The van der Waals surface area contributed by atoms with Gasteiger partial charge in [-0.25, -0.2) is 22.3 Å². The molecule has 1 atom stereocenters. The lowest BCUT2D eigenvalue weighted by molar-refractivity contribution is 0.164. The number of fused-ring (bicyclic) bond motifs is 1. The maximum atomic E-state index is 14.9. The predicted molar refractivity (Wildman–Crippen MR) is 132 cm³/mol. The first-order valence-corrected chi connectivity index (χ1v) is 13.0. The highest BCUT2D eigenvalue weighted by Crippen LogP contribution is 2.34. The highest BCUT2D eigenvalue weighted by molar-refractivity contribution is 7.90. The number of hydrogen-bond donors (Lipinski definition) is 1. The van der Waals surface area contributed by atoms with E-state index >= 15 is 0 Å². The van der Waals surface area contributed by atoms with Crippen LogP contribution >= 0.6 is 34.8 Å². The Bertz CT molecular complexity index is 1390. The average molecular weight is 559 g/mol. The summed E-state index contributed by atoms with van der Waals surface area (Å²) in [5, 5.41) is 5.69. The lowest BCUT2D eigenvalue weighted by Gasteiger charge is -2.22. The Morgan fingerprint density at radius 2 is 1.89 bits per heavy atom. The summed E-state index contributed by atoms with van der Waals surface area (Å²) in [6.07, 6.45) is 1.35. The van der Waals surface area contributed by atoms with Gasteiger partial charge in [-0.1, -0.05) is 40.9 Å². The van der Waals surface area contributed by atoms with Crippen LogP contribution in [0, 0.1) is 0 Å². The fraction of sp³-hybridized carbons (Fsp3) is 0.217. The van der Waals surface area contributed by atoms with E-state index in [0.717, 1.165) is 11.1 Å². The Kier molecular flexibility index (Phi) is 7.70. The molecule has 0 aliphatic heterocycles. The van der Waals surface area contributed by atoms with Gasteiger partial charge in [-0.05, 0) is 66.4 Å². The van der Waals surface area contributed by atoms with Gasteiger partial charge in [-0.3, -0.25) is 4.68 Å². The van der Waals surface area contributed by atoms with Crippen molar-refractivity contribution in [2.75, 3.05) is 6.61 Å². The molecule has 0 saturated heterocycles. The zero-order chi connectivity index (χ0) is 25.2. The topological polar surface area (TPSA) is 90.3 Å². The minimum Gasteiger partial charge on any atom is -0.445 e. The SMILES string of the molecule is O=C(NS(=O)(=O)c1ccc(Cl)cc1)OC/C=C1\c2c(cnn2Cc2ccc(Cl)cc2Cl)CCC1F. The first kappa shape index (κ1) is 25.5. The molecule has 1 aliphatic rings. The predicted octanol–water partition coefficient (Wildman–Crippen LogP) is 5.67. The van der Waals surface area contributed by atoms with Gasteiger partial charge in [0.1, 0.15) is 12.8 Å². The molecule has 1 aliphatic carbocycles. The summed E-state index contributed by atoms with van der Waals surface area (Å²) >= 11 is 18.0. The molecule has 2 aromatic carbocycles. The average Bonchev–Trinajstić information content (AvgIpc) is 3.20. The summed E-state index contributed by atoms with van der Waals surface area (Å²) in [5.74, 6) is 0. The molecule has 1 N–H and O–H groups in total. The number of halogens is 4. The number of rotatable bonds is 6. The lowest BCUT2D eigenvalue weighted by atomic mass is 9.91. The van der Waals surface area contributed by atoms with Crippen LogP contribution in [-0.4, -0.2) is 37.1 Å². The fourth-order valence-corrected chi connectivity index (χ4v) is 5.19.